The molecule has 0 atom stereocenters. The number of carbonyl (C=O) groups is 1. The highest BCUT2D eigenvalue weighted by molar-refractivity contribution is 6.03. The van der Waals surface area contributed by atoms with E-state index in [2.05, 4.69) is 73.1 Å². The minimum atomic E-state index is -0.588. The zero-order valence-electron chi connectivity index (χ0n) is 20.5. The van der Waals surface area contributed by atoms with Gasteiger partial charge in [0.15, 0.2) is 5.82 Å². The molecule has 2 heterocycles. The summed E-state index contributed by atoms with van der Waals surface area (Å²) in [5.41, 5.74) is 10.2. The van der Waals surface area contributed by atoms with Gasteiger partial charge in [-0.05, 0) is 47.5 Å². The molecule has 0 unspecified atom stereocenters. The molecule has 5 rings (SSSR count). The van der Waals surface area contributed by atoms with Crippen molar-refractivity contribution in [3.63, 3.8) is 0 Å². The molecule has 4 aromatic rings. The van der Waals surface area contributed by atoms with Crippen LogP contribution in [0.2, 0.25) is 0 Å². The van der Waals surface area contributed by atoms with Crippen molar-refractivity contribution in [1.29, 1.82) is 0 Å². The largest absolute Gasteiger partial charge is 0.508 e. The molecule has 0 radical (unpaired) electrons. The number of anilines is 4. The van der Waals surface area contributed by atoms with Gasteiger partial charge in [-0.25, -0.2) is 0 Å². The number of phenols is 1. The molecule has 190 valence electrons. The van der Waals surface area contributed by atoms with E-state index in [0.717, 1.165) is 44.0 Å². The molecule has 1 fully saturated rings. The Bertz CT molecular complexity index is 1310. The Morgan fingerprint density at radius 2 is 1.62 bits per heavy atom. The van der Waals surface area contributed by atoms with Crippen molar-refractivity contribution in [2.45, 2.75) is 13.1 Å². The van der Waals surface area contributed by atoms with Crippen molar-refractivity contribution in [2.75, 3.05) is 41.7 Å². The highest BCUT2D eigenvalue weighted by Gasteiger charge is 2.20. The first kappa shape index (κ1) is 24.2. The Hall–Kier alpha value is -4.50. The Morgan fingerprint density at radius 3 is 2.30 bits per heavy atom. The molecule has 1 amide bonds. The average Bonchev–Trinajstić information content (AvgIpc) is 3.32. The fourth-order valence-corrected chi connectivity index (χ4v) is 4.50. The van der Waals surface area contributed by atoms with E-state index >= 15 is 0 Å². The Kier molecular flexibility index (Phi) is 7.23. The normalized spacial score (nSPS) is 13.9. The molecule has 0 saturated carbocycles. The lowest BCUT2D eigenvalue weighted by Crippen LogP contribution is -2.45. The van der Waals surface area contributed by atoms with Gasteiger partial charge in [0.05, 0.1) is 0 Å². The lowest BCUT2D eigenvalue weighted by molar-refractivity contribution is 0.100. The van der Waals surface area contributed by atoms with Gasteiger partial charge in [-0.15, -0.1) is 0 Å². The lowest BCUT2D eigenvalue weighted by atomic mass is 10.2. The van der Waals surface area contributed by atoms with Crippen molar-refractivity contribution < 1.29 is 9.90 Å². The van der Waals surface area contributed by atoms with Gasteiger partial charge in [-0.1, -0.05) is 42.5 Å². The molecule has 0 bridgehead atoms. The van der Waals surface area contributed by atoms with E-state index in [1.165, 1.54) is 11.3 Å². The van der Waals surface area contributed by atoms with Gasteiger partial charge in [0.1, 0.15) is 17.1 Å². The molecule has 9 nitrogen and oxygen atoms in total. The predicted octanol–water partition coefficient (Wildman–Crippen LogP) is 3.89. The first-order valence-corrected chi connectivity index (χ1v) is 12.3. The molecule has 1 aliphatic rings. The molecule has 1 saturated heterocycles. The number of nitrogens with zero attached hydrogens (tertiary/aromatic N) is 3. The molecule has 3 aromatic carbocycles. The fourth-order valence-electron chi connectivity index (χ4n) is 4.50. The predicted molar refractivity (Wildman–Crippen MR) is 146 cm³/mol. The number of amides is 1. The molecule has 37 heavy (non-hydrogen) atoms. The molecule has 1 aliphatic heterocycles. The third kappa shape index (κ3) is 6.02. The number of rotatable bonds is 9. The number of nitrogens with one attached hydrogen (secondary N) is 3. The quantitative estimate of drug-likeness (QED) is 0.238. The van der Waals surface area contributed by atoms with Crippen LogP contribution in [0.15, 0.2) is 78.9 Å². The van der Waals surface area contributed by atoms with Gasteiger partial charge in [0, 0.05) is 50.6 Å². The van der Waals surface area contributed by atoms with Gasteiger partial charge >= 0.3 is 0 Å². The van der Waals surface area contributed by atoms with Crippen LogP contribution in [-0.4, -0.2) is 52.3 Å². The summed E-state index contributed by atoms with van der Waals surface area (Å²) in [6, 6.07) is 25.5. The van der Waals surface area contributed by atoms with E-state index in [4.69, 9.17) is 5.73 Å². The van der Waals surface area contributed by atoms with E-state index in [9.17, 15) is 9.90 Å². The van der Waals surface area contributed by atoms with Crippen LogP contribution in [0.1, 0.15) is 21.5 Å². The van der Waals surface area contributed by atoms with Crippen molar-refractivity contribution in [1.82, 2.24) is 15.1 Å². The minimum absolute atomic E-state index is 0.200. The van der Waals surface area contributed by atoms with Crippen molar-refractivity contribution in [3.05, 3.63) is 95.6 Å². The molecule has 1 aromatic heterocycles. The summed E-state index contributed by atoms with van der Waals surface area (Å²) in [6.45, 7) is 5.40. The summed E-state index contributed by atoms with van der Waals surface area (Å²) >= 11 is 0. The van der Waals surface area contributed by atoms with E-state index in [-0.39, 0.29) is 11.3 Å². The fraction of sp³-hybridized carbons (Fsp3) is 0.214. The summed E-state index contributed by atoms with van der Waals surface area (Å²) in [6.07, 6.45) is 0. The molecular formula is C28H31N7O2. The molecule has 0 spiro atoms. The van der Waals surface area contributed by atoms with Crippen molar-refractivity contribution in [3.8, 4) is 5.75 Å². The molecule has 9 heteroatoms. The highest BCUT2D eigenvalue weighted by atomic mass is 16.3. The van der Waals surface area contributed by atoms with Crippen LogP contribution in [0.4, 0.5) is 23.0 Å². The lowest BCUT2D eigenvalue weighted by Gasteiger charge is -2.36. The number of phenolic OH excluding ortho intramolecular Hbond substituents is 1. The number of primary amides is 1. The minimum Gasteiger partial charge on any atom is -0.508 e. The molecular weight excluding hydrogens is 466 g/mol. The topological polar surface area (TPSA) is 123 Å². The number of hydrogen-bond donors (Lipinski definition) is 5. The number of piperazine rings is 1. The SMILES string of the molecule is NC(=O)c1c(Nc2ccc(N3CCN(Cc4ccccc4)CC3)cc2)n[nH]c1NCc1ccc(O)cc1. The summed E-state index contributed by atoms with van der Waals surface area (Å²) in [5.74, 6) is 0.413. The van der Waals surface area contributed by atoms with Crippen LogP contribution in [0, 0.1) is 0 Å². The average molecular weight is 498 g/mol. The second-order valence-electron chi connectivity index (χ2n) is 9.13. The number of H-pyrrole nitrogens is 1. The zero-order chi connectivity index (χ0) is 25.6. The number of aromatic hydroxyl groups is 1. The van der Waals surface area contributed by atoms with Gasteiger partial charge < -0.3 is 26.4 Å². The zero-order valence-corrected chi connectivity index (χ0v) is 20.5. The number of aromatic nitrogens is 2. The Labute approximate surface area is 215 Å². The second kappa shape index (κ2) is 11.0. The first-order valence-electron chi connectivity index (χ1n) is 12.3. The second-order valence-corrected chi connectivity index (χ2v) is 9.13. The van der Waals surface area contributed by atoms with Crippen LogP contribution >= 0.6 is 0 Å². The Morgan fingerprint density at radius 1 is 0.919 bits per heavy atom. The maximum Gasteiger partial charge on any atom is 0.256 e. The van der Waals surface area contributed by atoms with Gasteiger partial charge in [0.2, 0.25) is 0 Å². The summed E-state index contributed by atoms with van der Waals surface area (Å²) < 4.78 is 0. The summed E-state index contributed by atoms with van der Waals surface area (Å²) in [4.78, 5) is 17.1. The number of nitrogens with two attached hydrogens (primary N) is 1. The third-order valence-electron chi connectivity index (χ3n) is 6.53. The number of aromatic amines is 1. The maximum atomic E-state index is 12.2. The summed E-state index contributed by atoms with van der Waals surface area (Å²) in [7, 11) is 0. The van der Waals surface area contributed by atoms with Crippen LogP contribution in [0.25, 0.3) is 0 Å². The van der Waals surface area contributed by atoms with E-state index < -0.39 is 5.91 Å². The van der Waals surface area contributed by atoms with Crippen LogP contribution in [-0.2, 0) is 13.1 Å². The van der Waals surface area contributed by atoms with Crippen LogP contribution in [0.5, 0.6) is 5.75 Å². The van der Waals surface area contributed by atoms with E-state index in [1.807, 2.05) is 12.1 Å². The van der Waals surface area contributed by atoms with E-state index in [0.29, 0.717) is 18.2 Å². The standard InChI is InChI=1S/C28H31N7O2/c29-26(37)25-27(30-18-20-6-12-24(36)13-7-20)32-33-28(25)31-22-8-10-23(11-9-22)35-16-14-34(15-17-35)19-21-4-2-1-3-5-21/h1-13,36H,14-19H2,(H2,29,37)(H3,30,31,32,33). The third-order valence-corrected chi connectivity index (χ3v) is 6.53. The number of benzene rings is 3. The van der Waals surface area contributed by atoms with Crippen molar-refractivity contribution in [2.24, 2.45) is 5.73 Å². The van der Waals surface area contributed by atoms with Crippen molar-refractivity contribution >= 4 is 28.9 Å². The van der Waals surface area contributed by atoms with Gasteiger partial charge in [-0.3, -0.25) is 14.8 Å². The van der Waals surface area contributed by atoms with Crippen LogP contribution < -0.4 is 21.3 Å². The Balaban J connectivity index is 1.18. The van der Waals surface area contributed by atoms with Crippen LogP contribution in [0.3, 0.4) is 0 Å². The maximum absolute atomic E-state index is 12.2. The van der Waals surface area contributed by atoms with Gasteiger partial charge in [-0.2, -0.15) is 5.10 Å². The van der Waals surface area contributed by atoms with Gasteiger partial charge in [0.25, 0.3) is 5.91 Å². The molecule has 6 N–H and O–H groups in total. The summed E-state index contributed by atoms with van der Waals surface area (Å²) in [5, 5.41) is 22.9. The number of hydrogen-bond acceptors (Lipinski definition) is 7. The monoisotopic (exact) mass is 497 g/mol. The first-order chi connectivity index (χ1) is 18.0. The number of carbonyl (C=O) groups excluding carboxylic acids is 1. The molecule has 0 aliphatic carbocycles. The highest BCUT2D eigenvalue weighted by Crippen LogP contribution is 2.27. The van der Waals surface area contributed by atoms with E-state index in [1.54, 1.807) is 24.3 Å². The smallest absolute Gasteiger partial charge is 0.256 e.